The van der Waals surface area contributed by atoms with Crippen molar-refractivity contribution in [3.05, 3.63) is 0 Å². The Bertz CT molecular complexity index is 225. The van der Waals surface area contributed by atoms with E-state index in [9.17, 15) is 0 Å². The standard InChI is InChI=1S/C17H33N/c1-13(2)15-9-10-16(12-18-3)17(11-15)14-7-5-4-6-8-14/h13-18H,4-12H2,1-3H3. The zero-order valence-corrected chi connectivity index (χ0v) is 12.8. The van der Waals surface area contributed by atoms with Gasteiger partial charge in [-0.2, -0.15) is 0 Å². The van der Waals surface area contributed by atoms with E-state index in [2.05, 4.69) is 26.2 Å². The van der Waals surface area contributed by atoms with Gasteiger partial charge in [0.1, 0.15) is 0 Å². The molecule has 0 aromatic rings. The molecule has 2 saturated carbocycles. The van der Waals surface area contributed by atoms with Crippen LogP contribution >= 0.6 is 0 Å². The average molecular weight is 251 g/mol. The molecule has 0 radical (unpaired) electrons. The summed E-state index contributed by atoms with van der Waals surface area (Å²) in [5, 5.41) is 3.45. The fourth-order valence-electron chi connectivity index (χ4n) is 4.56. The quantitative estimate of drug-likeness (QED) is 0.777. The highest BCUT2D eigenvalue weighted by atomic mass is 14.8. The molecule has 0 aromatic heterocycles. The Hall–Kier alpha value is -0.0400. The van der Waals surface area contributed by atoms with Gasteiger partial charge in [0.2, 0.25) is 0 Å². The van der Waals surface area contributed by atoms with Crippen molar-refractivity contribution in [2.24, 2.45) is 29.6 Å². The van der Waals surface area contributed by atoms with E-state index in [1.165, 1.54) is 57.9 Å². The van der Waals surface area contributed by atoms with E-state index in [0.717, 1.165) is 29.6 Å². The number of hydrogen-bond donors (Lipinski definition) is 1. The molecular weight excluding hydrogens is 218 g/mol. The van der Waals surface area contributed by atoms with Crippen molar-refractivity contribution in [3.63, 3.8) is 0 Å². The van der Waals surface area contributed by atoms with Crippen LogP contribution in [-0.2, 0) is 0 Å². The molecule has 2 aliphatic carbocycles. The maximum atomic E-state index is 3.45. The monoisotopic (exact) mass is 251 g/mol. The van der Waals surface area contributed by atoms with Crippen molar-refractivity contribution in [1.29, 1.82) is 0 Å². The van der Waals surface area contributed by atoms with E-state index in [4.69, 9.17) is 0 Å². The largest absolute Gasteiger partial charge is 0.319 e. The normalized spacial score (nSPS) is 35.0. The minimum absolute atomic E-state index is 0.895. The van der Waals surface area contributed by atoms with Gasteiger partial charge in [0.25, 0.3) is 0 Å². The summed E-state index contributed by atoms with van der Waals surface area (Å²) in [4.78, 5) is 0. The van der Waals surface area contributed by atoms with Crippen LogP contribution in [0.15, 0.2) is 0 Å². The molecule has 1 heteroatoms. The molecular formula is C17H33N. The van der Waals surface area contributed by atoms with Crippen LogP contribution in [0.4, 0.5) is 0 Å². The zero-order chi connectivity index (χ0) is 13.0. The van der Waals surface area contributed by atoms with Crippen LogP contribution in [0.2, 0.25) is 0 Å². The van der Waals surface area contributed by atoms with Crippen molar-refractivity contribution in [3.8, 4) is 0 Å². The van der Waals surface area contributed by atoms with Crippen LogP contribution in [0.3, 0.4) is 0 Å². The topological polar surface area (TPSA) is 12.0 Å². The second kappa shape index (κ2) is 6.93. The second-order valence-corrected chi connectivity index (χ2v) is 7.20. The van der Waals surface area contributed by atoms with E-state index in [-0.39, 0.29) is 0 Å². The molecule has 0 spiro atoms. The van der Waals surface area contributed by atoms with Gasteiger partial charge >= 0.3 is 0 Å². The molecule has 0 aliphatic heterocycles. The maximum Gasteiger partial charge on any atom is -0.00208 e. The van der Waals surface area contributed by atoms with Gasteiger partial charge in [-0.15, -0.1) is 0 Å². The lowest BCUT2D eigenvalue weighted by Gasteiger charge is -2.43. The fraction of sp³-hybridized carbons (Fsp3) is 1.00. The summed E-state index contributed by atoms with van der Waals surface area (Å²) in [5.41, 5.74) is 0. The number of nitrogens with one attached hydrogen (secondary N) is 1. The summed E-state index contributed by atoms with van der Waals surface area (Å²) in [6, 6.07) is 0. The zero-order valence-electron chi connectivity index (χ0n) is 12.8. The van der Waals surface area contributed by atoms with E-state index < -0.39 is 0 Å². The van der Waals surface area contributed by atoms with Crippen LogP contribution in [0.25, 0.3) is 0 Å². The minimum atomic E-state index is 0.895. The third-order valence-corrected chi connectivity index (χ3v) is 5.75. The summed E-state index contributed by atoms with van der Waals surface area (Å²) in [5.74, 6) is 4.95. The molecule has 0 amide bonds. The molecule has 106 valence electrons. The summed E-state index contributed by atoms with van der Waals surface area (Å²) < 4.78 is 0. The Morgan fingerprint density at radius 1 is 1.00 bits per heavy atom. The van der Waals surface area contributed by atoms with E-state index in [1.54, 1.807) is 0 Å². The number of hydrogen-bond acceptors (Lipinski definition) is 1. The van der Waals surface area contributed by atoms with E-state index >= 15 is 0 Å². The van der Waals surface area contributed by atoms with Crippen LogP contribution in [0.5, 0.6) is 0 Å². The minimum Gasteiger partial charge on any atom is -0.319 e. The smallest absolute Gasteiger partial charge is 0.00208 e. The fourth-order valence-corrected chi connectivity index (χ4v) is 4.56. The van der Waals surface area contributed by atoms with Crippen LogP contribution < -0.4 is 5.32 Å². The van der Waals surface area contributed by atoms with Gasteiger partial charge < -0.3 is 5.32 Å². The van der Waals surface area contributed by atoms with Crippen molar-refractivity contribution in [1.82, 2.24) is 5.32 Å². The van der Waals surface area contributed by atoms with Gasteiger partial charge in [0.15, 0.2) is 0 Å². The first-order valence-electron chi connectivity index (χ1n) is 8.37. The highest BCUT2D eigenvalue weighted by Crippen LogP contribution is 2.45. The molecule has 0 saturated heterocycles. The molecule has 3 atom stereocenters. The van der Waals surface area contributed by atoms with Crippen molar-refractivity contribution in [2.75, 3.05) is 13.6 Å². The highest BCUT2D eigenvalue weighted by molar-refractivity contribution is 4.87. The first kappa shape index (κ1) is 14.4. The molecule has 2 aliphatic rings. The van der Waals surface area contributed by atoms with Gasteiger partial charge in [-0.1, -0.05) is 46.0 Å². The SMILES string of the molecule is CNCC1CCC(C(C)C)CC1C1CCCCC1. The Balaban J connectivity index is 1.98. The highest BCUT2D eigenvalue weighted by Gasteiger charge is 2.36. The van der Waals surface area contributed by atoms with Gasteiger partial charge in [-0.3, -0.25) is 0 Å². The molecule has 1 nitrogen and oxygen atoms in total. The first-order chi connectivity index (χ1) is 8.72. The van der Waals surface area contributed by atoms with E-state index in [0.29, 0.717) is 0 Å². The Kier molecular flexibility index (Phi) is 5.54. The molecule has 0 aromatic carbocycles. The molecule has 2 rings (SSSR count). The van der Waals surface area contributed by atoms with Gasteiger partial charge in [-0.25, -0.2) is 0 Å². The summed E-state index contributed by atoms with van der Waals surface area (Å²) in [7, 11) is 2.13. The van der Waals surface area contributed by atoms with E-state index in [1.807, 2.05) is 0 Å². The Morgan fingerprint density at radius 2 is 1.72 bits per heavy atom. The van der Waals surface area contributed by atoms with Gasteiger partial charge in [-0.05, 0) is 62.4 Å². The van der Waals surface area contributed by atoms with Crippen molar-refractivity contribution >= 4 is 0 Å². The lowest BCUT2D eigenvalue weighted by Crippen LogP contribution is -2.37. The summed E-state index contributed by atoms with van der Waals surface area (Å²) in [6.45, 7) is 6.12. The van der Waals surface area contributed by atoms with Gasteiger partial charge in [0.05, 0.1) is 0 Å². The summed E-state index contributed by atoms with van der Waals surface area (Å²) in [6.07, 6.45) is 12.0. The Morgan fingerprint density at radius 3 is 2.33 bits per heavy atom. The van der Waals surface area contributed by atoms with Crippen molar-refractivity contribution < 1.29 is 0 Å². The van der Waals surface area contributed by atoms with Gasteiger partial charge in [0, 0.05) is 0 Å². The van der Waals surface area contributed by atoms with Crippen LogP contribution in [0.1, 0.15) is 65.2 Å². The molecule has 1 N–H and O–H groups in total. The first-order valence-corrected chi connectivity index (χ1v) is 8.37. The molecule has 18 heavy (non-hydrogen) atoms. The third-order valence-electron chi connectivity index (χ3n) is 5.75. The Labute approximate surface area is 114 Å². The second-order valence-electron chi connectivity index (χ2n) is 7.20. The predicted octanol–water partition coefficient (Wildman–Crippen LogP) is 4.47. The maximum absolute atomic E-state index is 3.45. The third kappa shape index (κ3) is 3.50. The lowest BCUT2D eigenvalue weighted by atomic mass is 9.63. The summed E-state index contributed by atoms with van der Waals surface area (Å²) >= 11 is 0. The molecule has 0 heterocycles. The predicted molar refractivity (Wildman–Crippen MR) is 79.7 cm³/mol. The van der Waals surface area contributed by atoms with Crippen LogP contribution in [-0.4, -0.2) is 13.6 Å². The number of rotatable bonds is 4. The molecule has 0 bridgehead atoms. The van der Waals surface area contributed by atoms with Crippen LogP contribution in [0, 0.1) is 29.6 Å². The molecule has 2 fully saturated rings. The lowest BCUT2D eigenvalue weighted by molar-refractivity contribution is 0.0797. The molecule has 3 unspecified atom stereocenters. The van der Waals surface area contributed by atoms with Crippen molar-refractivity contribution in [2.45, 2.75) is 65.2 Å². The average Bonchev–Trinajstić information content (AvgIpc) is 2.40.